The monoisotopic (exact) mass is 317 g/mol. The predicted octanol–water partition coefficient (Wildman–Crippen LogP) is 3.72. The van der Waals surface area contributed by atoms with Crippen molar-refractivity contribution in [3.05, 3.63) is 35.9 Å². The van der Waals surface area contributed by atoms with E-state index in [2.05, 4.69) is 29.6 Å². The lowest BCUT2D eigenvalue weighted by atomic mass is 9.78. The van der Waals surface area contributed by atoms with Crippen LogP contribution in [0.5, 0.6) is 0 Å². The maximum atomic E-state index is 12.2. The average Bonchev–Trinajstić information content (AvgIpc) is 2.58. The van der Waals surface area contributed by atoms with Crippen LogP contribution in [0.4, 0.5) is 0 Å². The molecule has 0 aliphatic heterocycles. The third kappa shape index (κ3) is 6.05. The number of carbonyl (C=O) groups excluding carboxylic acids is 1. The number of nitrogens with one attached hydrogen (secondary N) is 1. The van der Waals surface area contributed by atoms with Gasteiger partial charge >= 0.3 is 5.97 Å². The number of unbranched alkanes of at least 4 members (excludes halogenated alkanes) is 2. The van der Waals surface area contributed by atoms with Crippen molar-refractivity contribution < 1.29 is 14.7 Å². The van der Waals surface area contributed by atoms with Gasteiger partial charge in [-0.25, -0.2) is 0 Å². The normalized spacial score (nSPS) is 20.9. The number of hydrogen-bond donors (Lipinski definition) is 2. The summed E-state index contributed by atoms with van der Waals surface area (Å²) in [6.07, 6.45) is 6.72. The summed E-state index contributed by atoms with van der Waals surface area (Å²) in [6, 6.07) is 10.6. The molecule has 1 fully saturated rings. The molecule has 1 amide bonds. The standard InChI is InChI=1S/C19H27NO3/c21-18(22)9-5-2-6-14-20-19(23)17-12-10-16(11-13-17)15-7-3-1-4-8-15/h1,3-4,7-8,16-17H,2,5-6,9-14H2,(H,20,23)(H,21,22). The Morgan fingerprint density at radius 3 is 2.35 bits per heavy atom. The van der Waals surface area contributed by atoms with Crippen LogP contribution in [0.1, 0.15) is 62.8 Å². The molecule has 1 aromatic carbocycles. The quantitative estimate of drug-likeness (QED) is 0.718. The molecule has 2 N–H and O–H groups in total. The van der Waals surface area contributed by atoms with Crippen LogP contribution in [0.25, 0.3) is 0 Å². The number of carboxylic acids is 1. The molecule has 0 bridgehead atoms. The van der Waals surface area contributed by atoms with Gasteiger partial charge in [-0.15, -0.1) is 0 Å². The Labute approximate surface area is 138 Å². The Morgan fingerprint density at radius 2 is 1.70 bits per heavy atom. The van der Waals surface area contributed by atoms with Crippen molar-refractivity contribution in [2.45, 2.75) is 57.3 Å². The van der Waals surface area contributed by atoms with Crippen molar-refractivity contribution in [1.82, 2.24) is 5.32 Å². The van der Waals surface area contributed by atoms with E-state index in [0.717, 1.165) is 38.5 Å². The predicted molar refractivity (Wildman–Crippen MR) is 90.3 cm³/mol. The number of rotatable bonds is 8. The van der Waals surface area contributed by atoms with Crippen molar-refractivity contribution in [3.63, 3.8) is 0 Å². The summed E-state index contributed by atoms with van der Waals surface area (Å²) in [5.41, 5.74) is 1.39. The number of benzene rings is 1. The lowest BCUT2D eigenvalue weighted by Gasteiger charge is -2.28. The molecule has 126 valence electrons. The van der Waals surface area contributed by atoms with Crippen LogP contribution in [-0.4, -0.2) is 23.5 Å². The fraction of sp³-hybridized carbons (Fsp3) is 0.579. The Hall–Kier alpha value is -1.84. The van der Waals surface area contributed by atoms with Gasteiger partial charge in [0.1, 0.15) is 0 Å². The molecule has 1 aromatic rings. The van der Waals surface area contributed by atoms with Gasteiger partial charge in [0.25, 0.3) is 0 Å². The topological polar surface area (TPSA) is 66.4 Å². The van der Waals surface area contributed by atoms with E-state index < -0.39 is 5.97 Å². The van der Waals surface area contributed by atoms with Crippen LogP contribution in [0.2, 0.25) is 0 Å². The van der Waals surface area contributed by atoms with Crippen LogP contribution in [0.3, 0.4) is 0 Å². The molecular formula is C19H27NO3. The van der Waals surface area contributed by atoms with Gasteiger partial charge in [-0.05, 0) is 50.0 Å². The highest BCUT2D eigenvalue weighted by Crippen LogP contribution is 2.35. The van der Waals surface area contributed by atoms with E-state index in [1.807, 2.05) is 6.07 Å². The van der Waals surface area contributed by atoms with E-state index in [4.69, 9.17) is 5.11 Å². The average molecular weight is 317 g/mol. The maximum absolute atomic E-state index is 12.2. The molecule has 1 aliphatic carbocycles. The van der Waals surface area contributed by atoms with E-state index >= 15 is 0 Å². The van der Waals surface area contributed by atoms with Crippen LogP contribution >= 0.6 is 0 Å². The second-order valence-corrected chi connectivity index (χ2v) is 6.45. The lowest BCUT2D eigenvalue weighted by molar-refractivity contribution is -0.137. The number of amides is 1. The zero-order chi connectivity index (χ0) is 16.5. The third-order valence-corrected chi connectivity index (χ3v) is 4.74. The van der Waals surface area contributed by atoms with Gasteiger partial charge in [0, 0.05) is 18.9 Å². The summed E-state index contributed by atoms with van der Waals surface area (Å²) < 4.78 is 0. The van der Waals surface area contributed by atoms with Crippen LogP contribution < -0.4 is 5.32 Å². The van der Waals surface area contributed by atoms with E-state index in [1.165, 1.54) is 5.56 Å². The molecular weight excluding hydrogens is 290 g/mol. The first-order chi connectivity index (χ1) is 11.2. The molecule has 4 nitrogen and oxygen atoms in total. The number of carbonyl (C=O) groups is 2. The van der Waals surface area contributed by atoms with Crippen molar-refractivity contribution in [2.24, 2.45) is 5.92 Å². The first-order valence-electron chi connectivity index (χ1n) is 8.71. The van der Waals surface area contributed by atoms with E-state index in [1.54, 1.807) is 0 Å². The Bertz CT molecular complexity index is 493. The summed E-state index contributed by atoms with van der Waals surface area (Å²) in [7, 11) is 0. The molecule has 23 heavy (non-hydrogen) atoms. The maximum Gasteiger partial charge on any atom is 0.303 e. The van der Waals surface area contributed by atoms with Gasteiger partial charge in [-0.1, -0.05) is 36.8 Å². The highest BCUT2D eigenvalue weighted by atomic mass is 16.4. The van der Waals surface area contributed by atoms with Crippen LogP contribution in [-0.2, 0) is 9.59 Å². The van der Waals surface area contributed by atoms with Crippen LogP contribution in [0, 0.1) is 5.92 Å². The largest absolute Gasteiger partial charge is 0.481 e. The molecule has 0 atom stereocenters. The molecule has 2 rings (SSSR count). The molecule has 1 saturated carbocycles. The fourth-order valence-corrected chi connectivity index (χ4v) is 3.35. The molecule has 0 radical (unpaired) electrons. The first kappa shape index (κ1) is 17.5. The van der Waals surface area contributed by atoms with Crippen LogP contribution in [0.15, 0.2) is 30.3 Å². The number of carboxylic acid groups (broad SMARTS) is 1. The second-order valence-electron chi connectivity index (χ2n) is 6.45. The summed E-state index contributed by atoms with van der Waals surface area (Å²) in [6.45, 7) is 0.664. The minimum Gasteiger partial charge on any atom is -0.481 e. The minimum atomic E-state index is -0.746. The number of hydrogen-bond acceptors (Lipinski definition) is 2. The number of aliphatic carboxylic acids is 1. The zero-order valence-corrected chi connectivity index (χ0v) is 13.7. The van der Waals surface area contributed by atoms with Gasteiger partial charge in [0.2, 0.25) is 5.91 Å². The molecule has 0 aromatic heterocycles. The van der Waals surface area contributed by atoms with Crippen molar-refractivity contribution >= 4 is 11.9 Å². The Morgan fingerprint density at radius 1 is 1.00 bits per heavy atom. The molecule has 1 aliphatic rings. The van der Waals surface area contributed by atoms with Gasteiger partial charge in [-0.3, -0.25) is 9.59 Å². The molecule has 4 heteroatoms. The molecule has 0 saturated heterocycles. The van der Waals surface area contributed by atoms with Crippen molar-refractivity contribution in [3.8, 4) is 0 Å². The van der Waals surface area contributed by atoms with E-state index in [9.17, 15) is 9.59 Å². The summed E-state index contributed by atoms with van der Waals surface area (Å²) in [4.78, 5) is 22.6. The SMILES string of the molecule is O=C(O)CCCCCNC(=O)C1CCC(c2ccccc2)CC1. The lowest BCUT2D eigenvalue weighted by Crippen LogP contribution is -2.33. The summed E-state index contributed by atoms with van der Waals surface area (Å²) >= 11 is 0. The third-order valence-electron chi connectivity index (χ3n) is 4.74. The van der Waals surface area contributed by atoms with Gasteiger partial charge in [0.05, 0.1) is 0 Å². The Kier molecular flexibility index (Phi) is 7.11. The highest BCUT2D eigenvalue weighted by molar-refractivity contribution is 5.78. The van der Waals surface area contributed by atoms with Gasteiger partial charge in [-0.2, -0.15) is 0 Å². The van der Waals surface area contributed by atoms with Gasteiger partial charge < -0.3 is 10.4 Å². The Balaban J connectivity index is 1.61. The second kappa shape index (κ2) is 9.33. The molecule has 0 heterocycles. The first-order valence-corrected chi connectivity index (χ1v) is 8.71. The van der Waals surface area contributed by atoms with Crippen molar-refractivity contribution in [2.75, 3.05) is 6.54 Å². The van der Waals surface area contributed by atoms with E-state index in [0.29, 0.717) is 18.9 Å². The minimum absolute atomic E-state index is 0.147. The molecule has 0 spiro atoms. The van der Waals surface area contributed by atoms with E-state index in [-0.39, 0.29) is 18.2 Å². The smallest absolute Gasteiger partial charge is 0.303 e. The summed E-state index contributed by atoms with van der Waals surface area (Å²) in [5.74, 6) is 0.171. The van der Waals surface area contributed by atoms with Gasteiger partial charge in [0.15, 0.2) is 0 Å². The fourth-order valence-electron chi connectivity index (χ4n) is 3.35. The highest BCUT2D eigenvalue weighted by Gasteiger charge is 2.26. The summed E-state index contributed by atoms with van der Waals surface area (Å²) in [5, 5.41) is 11.6. The zero-order valence-electron chi connectivity index (χ0n) is 13.7. The molecule has 0 unspecified atom stereocenters. The van der Waals surface area contributed by atoms with Crippen molar-refractivity contribution in [1.29, 1.82) is 0 Å².